The quantitative estimate of drug-likeness (QED) is 0.295. The zero-order chi connectivity index (χ0) is 27.4. The Bertz CT molecular complexity index is 1690. The molecule has 3 aromatic heterocycles. The van der Waals surface area contributed by atoms with Gasteiger partial charge in [0.1, 0.15) is 24.4 Å². The van der Waals surface area contributed by atoms with Crippen molar-refractivity contribution in [2.45, 2.75) is 12.5 Å². The van der Waals surface area contributed by atoms with Crippen molar-refractivity contribution in [3.8, 4) is 22.6 Å². The van der Waals surface area contributed by atoms with Crippen molar-refractivity contribution < 1.29 is 14.3 Å². The Balaban J connectivity index is 1.54. The molecule has 3 heterocycles. The minimum Gasteiger partial charge on any atom is -0.495 e. The van der Waals surface area contributed by atoms with Crippen LogP contribution in [0.1, 0.15) is 12.5 Å². The molecule has 0 aliphatic heterocycles. The second-order valence-electron chi connectivity index (χ2n) is 8.58. The minimum atomic E-state index is -0.880. The minimum absolute atomic E-state index is 0.251. The summed E-state index contributed by atoms with van der Waals surface area (Å²) in [6, 6.07) is 11.0. The van der Waals surface area contributed by atoms with Crippen LogP contribution in [0, 0.1) is 0 Å². The number of amides is 1. The molecule has 1 N–H and O–H groups in total. The SMILES string of the molecule is COCCC(C(=O)Nc1ccc2nccnc2c1)n1cc(OC)c(-c2cc(Cl)ccc2-n2cnnc2)cc1=O. The van der Waals surface area contributed by atoms with Crippen LogP contribution in [0.2, 0.25) is 5.02 Å². The second kappa shape index (κ2) is 11.4. The van der Waals surface area contributed by atoms with Crippen LogP contribution < -0.4 is 15.6 Å². The van der Waals surface area contributed by atoms with E-state index in [1.807, 2.05) is 0 Å². The third-order valence-electron chi connectivity index (χ3n) is 6.18. The normalized spacial score (nSPS) is 11.9. The van der Waals surface area contributed by atoms with Gasteiger partial charge in [-0.1, -0.05) is 11.6 Å². The Hall–Kier alpha value is -4.61. The predicted octanol–water partition coefficient (Wildman–Crippen LogP) is 3.92. The summed E-state index contributed by atoms with van der Waals surface area (Å²) in [5, 5.41) is 11.1. The maximum atomic E-state index is 13.5. The van der Waals surface area contributed by atoms with Crippen molar-refractivity contribution in [3.05, 3.63) is 89.1 Å². The van der Waals surface area contributed by atoms with E-state index in [1.54, 1.807) is 66.0 Å². The molecule has 1 atom stereocenters. The van der Waals surface area contributed by atoms with Crippen LogP contribution >= 0.6 is 11.6 Å². The lowest BCUT2D eigenvalue weighted by molar-refractivity contribution is -0.119. The molecular formula is C27H24ClN7O4. The van der Waals surface area contributed by atoms with Crippen LogP contribution in [0.15, 0.2) is 78.5 Å². The highest BCUT2D eigenvalue weighted by molar-refractivity contribution is 6.31. The highest BCUT2D eigenvalue weighted by Gasteiger charge is 2.24. The first-order valence-electron chi connectivity index (χ1n) is 11.9. The molecular weight excluding hydrogens is 522 g/mol. The lowest BCUT2D eigenvalue weighted by Gasteiger charge is -2.22. The number of pyridine rings is 1. The molecule has 5 rings (SSSR count). The summed E-state index contributed by atoms with van der Waals surface area (Å²) < 4.78 is 14.0. The molecule has 0 fully saturated rings. The Labute approximate surface area is 228 Å². The van der Waals surface area contributed by atoms with Crippen molar-refractivity contribution in [3.63, 3.8) is 0 Å². The molecule has 0 bridgehead atoms. The van der Waals surface area contributed by atoms with Crippen LogP contribution in [0.5, 0.6) is 5.75 Å². The van der Waals surface area contributed by atoms with Crippen LogP contribution in [-0.4, -0.2) is 56.0 Å². The number of hydrogen-bond acceptors (Lipinski definition) is 8. The van der Waals surface area contributed by atoms with E-state index in [1.165, 1.54) is 31.0 Å². The summed E-state index contributed by atoms with van der Waals surface area (Å²) >= 11 is 6.32. The van der Waals surface area contributed by atoms with Crippen LogP contribution in [0.4, 0.5) is 5.69 Å². The first-order valence-corrected chi connectivity index (χ1v) is 12.3. The number of rotatable bonds is 9. The number of ether oxygens (including phenoxy) is 2. The summed E-state index contributed by atoms with van der Waals surface area (Å²) in [7, 11) is 3.03. The fourth-order valence-corrected chi connectivity index (χ4v) is 4.48. The highest BCUT2D eigenvalue weighted by atomic mass is 35.5. The zero-order valence-corrected chi connectivity index (χ0v) is 21.9. The van der Waals surface area contributed by atoms with Crippen molar-refractivity contribution in [1.82, 2.24) is 29.3 Å². The highest BCUT2D eigenvalue weighted by Crippen LogP contribution is 2.35. The summed E-state index contributed by atoms with van der Waals surface area (Å²) in [5.74, 6) is -0.0116. The van der Waals surface area contributed by atoms with E-state index in [4.69, 9.17) is 21.1 Å². The molecule has 0 saturated carbocycles. The summed E-state index contributed by atoms with van der Waals surface area (Å²) in [5.41, 5.74) is 3.31. The van der Waals surface area contributed by atoms with Gasteiger partial charge >= 0.3 is 0 Å². The Morgan fingerprint density at radius 1 is 1.00 bits per heavy atom. The smallest absolute Gasteiger partial charge is 0.252 e. The first-order chi connectivity index (χ1) is 19.0. The Morgan fingerprint density at radius 3 is 2.51 bits per heavy atom. The van der Waals surface area contributed by atoms with Crippen molar-refractivity contribution >= 4 is 34.2 Å². The van der Waals surface area contributed by atoms with E-state index >= 15 is 0 Å². The monoisotopic (exact) mass is 545 g/mol. The molecule has 39 heavy (non-hydrogen) atoms. The summed E-state index contributed by atoms with van der Waals surface area (Å²) in [6.45, 7) is 0.254. The van der Waals surface area contributed by atoms with Crippen molar-refractivity contribution in [2.24, 2.45) is 0 Å². The number of carbonyl (C=O) groups is 1. The van der Waals surface area contributed by atoms with E-state index < -0.39 is 11.6 Å². The largest absolute Gasteiger partial charge is 0.495 e. The van der Waals surface area contributed by atoms with Crippen molar-refractivity contribution in [1.29, 1.82) is 0 Å². The van der Waals surface area contributed by atoms with Crippen LogP contribution in [-0.2, 0) is 9.53 Å². The van der Waals surface area contributed by atoms with Gasteiger partial charge in [0.2, 0.25) is 5.91 Å². The fourth-order valence-electron chi connectivity index (χ4n) is 4.31. The van der Waals surface area contributed by atoms with E-state index in [9.17, 15) is 9.59 Å². The number of carbonyl (C=O) groups excluding carboxylic acids is 1. The number of aromatic nitrogens is 6. The average Bonchev–Trinajstić information content (AvgIpc) is 3.48. The van der Waals surface area contributed by atoms with Gasteiger partial charge in [0.25, 0.3) is 5.56 Å². The number of nitrogens with one attached hydrogen (secondary N) is 1. The zero-order valence-electron chi connectivity index (χ0n) is 21.1. The number of anilines is 1. The van der Waals surface area contributed by atoms with Gasteiger partial charge in [-0.15, -0.1) is 10.2 Å². The molecule has 1 amide bonds. The molecule has 0 radical (unpaired) electrons. The Kier molecular flexibility index (Phi) is 7.62. The van der Waals surface area contributed by atoms with Gasteiger partial charge in [0.05, 0.1) is 30.0 Å². The van der Waals surface area contributed by atoms with Gasteiger partial charge in [0.15, 0.2) is 0 Å². The third-order valence-corrected chi connectivity index (χ3v) is 6.42. The van der Waals surface area contributed by atoms with E-state index in [0.717, 1.165) is 0 Å². The third kappa shape index (κ3) is 5.49. The Morgan fingerprint density at radius 2 is 1.77 bits per heavy atom. The molecule has 198 valence electrons. The number of halogens is 1. The van der Waals surface area contributed by atoms with Gasteiger partial charge in [-0.25, -0.2) is 0 Å². The molecule has 0 saturated heterocycles. The van der Waals surface area contributed by atoms with Crippen molar-refractivity contribution in [2.75, 3.05) is 26.1 Å². The van der Waals surface area contributed by atoms with Crippen LogP contribution in [0.3, 0.4) is 0 Å². The van der Waals surface area contributed by atoms with Gasteiger partial charge in [-0.3, -0.25) is 28.7 Å². The van der Waals surface area contributed by atoms with Gasteiger partial charge < -0.3 is 14.8 Å². The maximum absolute atomic E-state index is 13.5. The standard InChI is InChI=1S/C27H24ClN7O4/c1-38-10-7-24(27(37)33-18-4-5-21-22(12-18)30-9-8-29-21)35-14-25(39-2)20(13-26(35)36)19-11-17(28)3-6-23(19)34-15-31-32-16-34/h3-6,8-9,11-16,24H,7,10H2,1-2H3,(H,33,37). The molecule has 12 heteroatoms. The molecule has 1 unspecified atom stereocenters. The number of benzene rings is 2. The van der Waals surface area contributed by atoms with E-state index in [0.29, 0.717) is 44.3 Å². The first kappa shape index (κ1) is 26.0. The maximum Gasteiger partial charge on any atom is 0.252 e. The molecule has 5 aromatic rings. The summed E-state index contributed by atoms with van der Waals surface area (Å²) in [4.78, 5) is 35.5. The van der Waals surface area contributed by atoms with Gasteiger partial charge in [-0.05, 0) is 36.4 Å². The topological polar surface area (TPSA) is 126 Å². The van der Waals surface area contributed by atoms with E-state index in [-0.39, 0.29) is 18.9 Å². The fraction of sp³-hybridized carbons (Fsp3) is 0.185. The lowest BCUT2D eigenvalue weighted by atomic mass is 10.0. The van der Waals surface area contributed by atoms with Gasteiger partial charge in [-0.2, -0.15) is 0 Å². The van der Waals surface area contributed by atoms with Gasteiger partial charge in [0, 0.05) is 60.4 Å². The number of nitrogens with zero attached hydrogens (tertiary/aromatic N) is 6. The van der Waals surface area contributed by atoms with Crippen LogP contribution in [0.25, 0.3) is 27.8 Å². The molecule has 0 spiro atoms. The average molecular weight is 546 g/mol. The number of fused-ring (bicyclic) bond motifs is 1. The molecule has 11 nitrogen and oxygen atoms in total. The molecule has 0 aliphatic carbocycles. The lowest BCUT2D eigenvalue weighted by Crippen LogP contribution is -2.34. The summed E-state index contributed by atoms with van der Waals surface area (Å²) in [6.07, 6.45) is 8.05. The predicted molar refractivity (Wildman–Crippen MR) is 146 cm³/mol. The number of hydrogen-bond donors (Lipinski definition) is 1. The van der Waals surface area contributed by atoms with E-state index in [2.05, 4.69) is 25.5 Å². The molecule has 0 aliphatic rings. The number of methoxy groups -OCH3 is 2. The second-order valence-corrected chi connectivity index (χ2v) is 9.01. The molecule has 2 aromatic carbocycles.